The fourth-order valence-corrected chi connectivity index (χ4v) is 3.66. The zero-order valence-electron chi connectivity index (χ0n) is 12.9. The molecule has 0 N–H and O–H groups in total. The molecule has 0 unspecified atom stereocenters. The van der Waals surface area contributed by atoms with Gasteiger partial charge in [0.25, 0.3) is 11.9 Å². The Kier molecular flexibility index (Phi) is 6.37. The lowest BCUT2D eigenvalue weighted by Crippen LogP contribution is -2.49. The third-order valence-electron chi connectivity index (χ3n) is 2.57. The first-order valence-corrected chi connectivity index (χ1v) is 8.65. The molecule has 0 saturated carbocycles. The van der Waals surface area contributed by atoms with Gasteiger partial charge in [0.1, 0.15) is 11.6 Å². The number of benzene rings is 1. The zero-order chi connectivity index (χ0) is 17.6. The summed E-state index contributed by atoms with van der Waals surface area (Å²) in [6, 6.07) is 2.58. The Labute approximate surface area is 132 Å². The monoisotopic (exact) mass is 346 g/mol. The Bertz CT molecular complexity index is 583. The third kappa shape index (κ3) is 6.15. The molecule has 0 aliphatic rings. The summed E-state index contributed by atoms with van der Waals surface area (Å²) < 4.78 is 41.1. The lowest BCUT2D eigenvalue weighted by atomic mass is 10.1. The summed E-state index contributed by atoms with van der Waals surface area (Å²) in [6.45, 7) is 3.68. The van der Waals surface area contributed by atoms with E-state index in [-0.39, 0.29) is 11.6 Å². The van der Waals surface area contributed by atoms with Gasteiger partial charge in [0.2, 0.25) is 0 Å². The Hall–Kier alpha value is -2.29. The number of hydrogen-bond acceptors (Lipinski definition) is 6. The van der Waals surface area contributed by atoms with Gasteiger partial charge >= 0.3 is 14.8 Å². The van der Waals surface area contributed by atoms with Crippen LogP contribution in [-0.2, 0) is 34.1 Å². The molecular weight excluding hydrogens is 330 g/mol. The van der Waals surface area contributed by atoms with Gasteiger partial charge in [0.15, 0.2) is 0 Å². The molecule has 0 radical (unpaired) electrons. The maximum atomic E-state index is 13.1. The van der Waals surface area contributed by atoms with Gasteiger partial charge in [-0.3, -0.25) is 14.4 Å². The average Bonchev–Trinajstić information content (AvgIpc) is 2.35. The van der Waals surface area contributed by atoms with E-state index in [9.17, 15) is 23.2 Å². The predicted octanol–water partition coefficient (Wildman–Crippen LogP) is 2.14. The number of carbonyl (C=O) groups excluding carboxylic acids is 3. The van der Waals surface area contributed by atoms with Crippen molar-refractivity contribution in [3.8, 4) is 0 Å². The summed E-state index contributed by atoms with van der Waals surface area (Å²) in [5.74, 6) is -4.15. The lowest BCUT2D eigenvalue weighted by Gasteiger charge is -2.25. The fourth-order valence-electron chi connectivity index (χ4n) is 1.81. The van der Waals surface area contributed by atoms with Gasteiger partial charge in [-0.05, 0) is 17.7 Å². The summed E-state index contributed by atoms with van der Waals surface area (Å²) in [5.41, 5.74) is 0.0390. The minimum atomic E-state index is -3.88. The van der Waals surface area contributed by atoms with E-state index in [0.29, 0.717) is 6.07 Å². The lowest BCUT2D eigenvalue weighted by molar-refractivity contribution is -0.148. The SMILES string of the molecule is CC[Si](OC(C)=O)(OC(C)=O)OC(=O)Cc1cc(F)cc(F)c1. The van der Waals surface area contributed by atoms with Crippen LogP contribution < -0.4 is 0 Å². The van der Waals surface area contributed by atoms with E-state index in [2.05, 4.69) is 0 Å². The molecule has 0 bridgehead atoms. The highest BCUT2D eigenvalue weighted by molar-refractivity contribution is 6.65. The number of rotatable bonds is 6. The summed E-state index contributed by atoms with van der Waals surface area (Å²) in [4.78, 5) is 34.3. The average molecular weight is 346 g/mol. The van der Waals surface area contributed by atoms with Crippen LogP contribution in [0.25, 0.3) is 0 Å². The molecule has 0 fully saturated rings. The molecule has 0 saturated heterocycles. The Morgan fingerprint density at radius 2 is 1.43 bits per heavy atom. The van der Waals surface area contributed by atoms with Crippen LogP contribution in [0, 0.1) is 11.6 Å². The van der Waals surface area contributed by atoms with Crippen LogP contribution in [0.5, 0.6) is 0 Å². The van der Waals surface area contributed by atoms with Gasteiger partial charge in [0.05, 0.1) is 12.5 Å². The molecular formula is C14H16F2O6Si. The van der Waals surface area contributed by atoms with Crippen LogP contribution in [0.1, 0.15) is 26.3 Å². The Balaban J connectivity index is 2.91. The first-order valence-electron chi connectivity index (χ1n) is 6.71. The summed E-state index contributed by atoms with van der Waals surface area (Å²) in [6.07, 6.45) is -0.466. The van der Waals surface area contributed by atoms with E-state index in [1.165, 1.54) is 6.92 Å². The first kappa shape index (κ1) is 18.8. The van der Waals surface area contributed by atoms with E-state index in [0.717, 1.165) is 26.0 Å². The summed E-state index contributed by atoms with van der Waals surface area (Å²) in [7, 11) is -3.88. The molecule has 0 aromatic heterocycles. The van der Waals surface area contributed by atoms with E-state index in [1.54, 1.807) is 0 Å². The highest BCUT2D eigenvalue weighted by Crippen LogP contribution is 2.18. The van der Waals surface area contributed by atoms with Crippen molar-refractivity contribution in [2.75, 3.05) is 0 Å². The van der Waals surface area contributed by atoms with Crippen molar-refractivity contribution >= 4 is 26.7 Å². The number of hydrogen-bond donors (Lipinski definition) is 0. The molecule has 1 aromatic carbocycles. The highest BCUT2D eigenvalue weighted by atomic mass is 28.4. The molecule has 0 spiro atoms. The second kappa shape index (κ2) is 7.81. The molecule has 0 heterocycles. The number of carbonyl (C=O) groups is 3. The van der Waals surface area contributed by atoms with Crippen molar-refractivity contribution in [2.24, 2.45) is 0 Å². The van der Waals surface area contributed by atoms with Gasteiger partial charge in [-0.15, -0.1) is 0 Å². The Morgan fingerprint density at radius 1 is 0.957 bits per heavy atom. The van der Waals surface area contributed by atoms with Crippen molar-refractivity contribution in [3.63, 3.8) is 0 Å². The van der Waals surface area contributed by atoms with Gasteiger partial charge in [-0.25, -0.2) is 8.78 Å². The highest BCUT2D eigenvalue weighted by Gasteiger charge is 2.50. The Morgan fingerprint density at radius 3 is 1.83 bits per heavy atom. The molecule has 9 heteroatoms. The van der Waals surface area contributed by atoms with Crippen molar-refractivity contribution in [1.82, 2.24) is 0 Å². The van der Waals surface area contributed by atoms with Crippen molar-refractivity contribution in [2.45, 2.75) is 33.2 Å². The quantitative estimate of drug-likeness (QED) is 0.734. The smallest absolute Gasteiger partial charge is 0.455 e. The van der Waals surface area contributed by atoms with Crippen LogP contribution in [0.15, 0.2) is 18.2 Å². The molecule has 0 aliphatic heterocycles. The zero-order valence-corrected chi connectivity index (χ0v) is 13.9. The van der Waals surface area contributed by atoms with Crippen LogP contribution in [0.3, 0.4) is 0 Å². The van der Waals surface area contributed by atoms with Gasteiger partial charge in [-0.1, -0.05) is 6.92 Å². The van der Waals surface area contributed by atoms with Crippen molar-refractivity contribution < 1.29 is 36.4 Å². The van der Waals surface area contributed by atoms with Gasteiger partial charge < -0.3 is 13.3 Å². The van der Waals surface area contributed by atoms with Crippen molar-refractivity contribution in [1.29, 1.82) is 0 Å². The van der Waals surface area contributed by atoms with Gasteiger partial charge in [0, 0.05) is 19.9 Å². The van der Waals surface area contributed by atoms with Crippen LogP contribution >= 0.6 is 0 Å². The van der Waals surface area contributed by atoms with E-state index in [4.69, 9.17) is 13.3 Å². The van der Waals surface area contributed by atoms with Crippen LogP contribution in [-0.4, -0.2) is 26.7 Å². The van der Waals surface area contributed by atoms with Crippen LogP contribution in [0.4, 0.5) is 8.78 Å². The summed E-state index contributed by atoms with van der Waals surface area (Å²) in [5, 5.41) is 0. The molecule has 126 valence electrons. The van der Waals surface area contributed by atoms with E-state index < -0.39 is 44.8 Å². The van der Waals surface area contributed by atoms with Crippen molar-refractivity contribution in [3.05, 3.63) is 35.4 Å². The minimum Gasteiger partial charge on any atom is -0.455 e. The molecule has 0 amide bonds. The minimum absolute atomic E-state index is 0.0184. The third-order valence-corrected chi connectivity index (χ3v) is 5.17. The maximum Gasteiger partial charge on any atom is 0.704 e. The topological polar surface area (TPSA) is 78.9 Å². The summed E-state index contributed by atoms with van der Waals surface area (Å²) >= 11 is 0. The van der Waals surface area contributed by atoms with Crippen LogP contribution in [0.2, 0.25) is 6.04 Å². The maximum absolute atomic E-state index is 13.1. The second-order valence-corrected chi connectivity index (χ2v) is 7.34. The normalized spacial score (nSPS) is 10.8. The predicted molar refractivity (Wildman–Crippen MR) is 75.9 cm³/mol. The molecule has 6 nitrogen and oxygen atoms in total. The molecule has 0 atom stereocenters. The molecule has 1 aromatic rings. The molecule has 23 heavy (non-hydrogen) atoms. The standard InChI is InChI=1S/C14H16F2O6Si/c1-4-23(20-9(2)17,21-10(3)18)22-14(19)7-11-5-12(15)8-13(16)6-11/h5-6,8H,4,7H2,1-3H3. The fraction of sp³-hybridized carbons (Fsp3) is 0.357. The molecule has 1 rings (SSSR count). The number of halogens is 2. The largest absolute Gasteiger partial charge is 0.704 e. The van der Waals surface area contributed by atoms with Gasteiger partial charge in [-0.2, -0.15) is 0 Å². The first-order chi connectivity index (χ1) is 10.7. The van der Waals surface area contributed by atoms with E-state index >= 15 is 0 Å². The second-order valence-electron chi connectivity index (χ2n) is 4.65. The van der Waals surface area contributed by atoms with E-state index in [1.807, 2.05) is 0 Å². The molecule has 0 aliphatic carbocycles.